The zero-order valence-corrected chi connectivity index (χ0v) is 10.2. The Balaban J connectivity index is 2.16. The fourth-order valence-corrected chi connectivity index (χ4v) is 1.67. The monoisotopic (exact) mass is 263 g/mol. The highest BCUT2D eigenvalue weighted by atomic mass is 16.5. The van der Waals surface area contributed by atoms with Gasteiger partial charge in [-0.2, -0.15) is 5.10 Å². The van der Waals surface area contributed by atoms with Gasteiger partial charge in [0.05, 0.1) is 18.3 Å². The summed E-state index contributed by atoms with van der Waals surface area (Å²) in [5, 5.41) is 18.7. The van der Waals surface area contributed by atoms with E-state index in [0.717, 1.165) is 10.9 Å². The summed E-state index contributed by atoms with van der Waals surface area (Å²) in [4.78, 5) is 22.9. The second-order valence-electron chi connectivity index (χ2n) is 3.99. The first kappa shape index (κ1) is 13.0. The number of methoxy groups -OCH3 is 1. The van der Waals surface area contributed by atoms with Gasteiger partial charge in [-0.15, -0.1) is 0 Å². The fraction of sp³-hybridized carbons (Fsp3) is 0.250. The van der Waals surface area contributed by atoms with E-state index in [1.807, 2.05) is 0 Å². The van der Waals surface area contributed by atoms with Crippen LogP contribution in [0.15, 0.2) is 24.4 Å². The van der Waals surface area contributed by atoms with Crippen molar-refractivity contribution in [3.63, 3.8) is 0 Å². The minimum atomic E-state index is -1.14. The Bertz CT molecular complexity index is 608. The molecule has 0 bridgehead atoms. The number of carbonyl (C=O) groups excluding carboxylic acids is 1. The minimum absolute atomic E-state index is 0.0883. The van der Waals surface area contributed by atoms with Crippen molar-refractivity contribution in [1.29, 1.82) is 0 Å². The number of aliphatic carboxylic acids is 1. The standard InChI is InChI=1S/C12H13N3O4/c1-19-6-10(12(17)18)14-11(16)7-2-3-9-8(4-7)5-13-15-9/h2-5,10H,6H2,1H3,(H,13,15)(H,14,16)(H,17,18). The smallest absolute Gasteiger partial charge is 0.328 e. The Morgan fingerprint density at radius 3 is 3.00 bits per heavy atom. The van der Waals surface area contributed by atoms with Crippen LogP contribution in [0.1, 0.15) is 10.4 Å². The minimum Gasteiger partial charge on any atom is -0.480 e. The molecule has 100 valence electrons. The lowest BCUT2D eigenvalue weighted by Crippen LogP contribution is -2.43. The van der Waals surface area contributed by atoms with E-state index in [-0.39, 0.29) is 6.61 Å². The average molecular weight is 263 g/mol. The van der Waals surface area contributed by atoms with E-state index in [1.54, 1.807) is 24.4 Å². The van der Waals surface area contributed by atoms with Crippen molar-refractivity contribution in [1.82, 2.24) is 15.5 Å². The summed E-state index contributed by atoms with van der Waals surface area (Å²) in [7, 11) is 1.37. The summed E-state index contributed by atoms with van der Waals surface area (Å²) in [6.45, 7) is -0.0883. The number of benzene rings is 1. The molecule has 1 heterocycles. The van der Waals surface area contributed by atoms with E-state index in [9.17, 15) is 9.59 Å². The molecule has 1 amide bonds. The second-order valence-corrected chi connectivity index (χ2v) is 3.99. The van der Waals surface area contributed by atoms with Gasteiger partial charge in [0.15, 0.2) is 6.04 Å². The van der Waals surface area contributed by atoms with E-state index in [4.69, 9.17) is 9.84 Å². The van der Waals surface area contributed by atoms with Crippen LogP contribution in [0.3, 0.4) is 0 Å². The predicted molar refractivity (Wildman–Crippen MR) is 66.9 cm³/mol. The molecule has 3 N–H and O–H groups in total. The van der Waals surface area contributed by atoms with Crippen molar-refractivity contribution in [3.8, 4) is 0 Å². The Kier molecular flexibility index (Phi) is 3.76. The first-order valence-electron chi connectivity index (χ1n) is 5.57. The normalized spacial score (nSPS) is 12.3. The van der Waals surface area contributed by atoms with Gasteiger partial charge in [-0.05, 0) is 18.2 Å². The summed E-state index contributed by atoms with van der Waals surface area (Å²) in [6.07, 6.45) is 1.59. The number of fused-ring (bicyclic) bond motifs is 1. The van der Waals surface area contributed by atoms with Crippen LogP contribution in [0.4, 0.5) is 0 Å². The van der Waals surface area contributed by atoms with Crippen LogP contribution in [0.5, 0.6) is 0 Å². The zero-order valence-electron chi connectivity index (χ0n) is 10.2. The SMILES string of the molecule is COCC(NC(=O)c1ccc2[nH]ncc2c1)C(=O)O. The number of carboxylic acids is 1. The number of aromatic nitrogens is 2. The number of hydrogen-bond acceptors (Lipinski definition) is 4. The summed E-state index contributed by atoms with van der Waals surface area (Å²) in [6, 6.07) is 3.88. The topological polar surface area (TPSA) is 104 Å². The van der Waals surface area contributed by atoms with Crippen LogP contribution in [-0.2, 0) is 9.53 Å². The lowest BCUT2D eigenvalue weighted by atomic mass is 10.1. The molecule has 19 heavy (non-hydrogen) atoms. The van der Waals surface area contributed by atoms with Gasteiger partial charge >= 0.3 is 5.97 Å². The van der Waals surface area contributed by atoms with Crippen molar-refractivity contribution in [2.45, 2.75) is 6.04 Å². The molecule has 1 unspecified atom stereocenters. The molecule has 0 saturated heterocycles. The molecule has 0 radical (unpaired) electrons. The lowest BCUT2D eigenvalue weighted by molar-refractivity contribution is -0.140. The van der Waals surface area contributed by atoms with Gasteiger partial charge in [-0.1, -0.05) is 0 Å². The van der Waals surface area contributed by atoms with E-state index in [2.05, 4.69) is 15.5 Å². The van der Waals surface area contributed by atoms with Crippen LogP contribution >= 0.6 is 0 Å². The maximum atomic E-state index is 11.9. The van der Waals surface area contributed by atoms with Crippen molar-refractivity contribution in [3.05, 3.63) is 30.0 Å². The van der Waals surface area contributed by atoms with Crippen molar-refractivity contribution in [2.75, 3.05) is 13.7 Å². The van der Waals surface area contributed by atoms with E-state index in [1.165, 1.54) is 7.11 Å². The third-order valence-electron chi connectivity index (χ3n) is 2.64. The first-order valence-corrected chi connectivity index (χ1v) is 5.57. The molecule has 7 nitrogen and oxygen atoms in total. The van der Waals surface area contributed by atoms with Crippen LogP contribution in [0, 0.1) is 0 Å². The quantitative estimate of drug-likeness (QED) is 0.724. The van der Waals surface area contributed by atoms with Gasteiger partial charge in [0.1, 0.15) is 0 Å². The van der Waals surface area contributed by atoms with E-state index >= 15 is 0 Å². The fourth-order valence-electron chi connectivity index (χ4n) is 1.67. The van der Waals surface area contributed by atoms with Gasteiger partial charge in [0.25, 0.3) is 5.91 Å². The molecule has 1 aromatic carbocycles. The van der Waals surface area contributed by atoms with Crippen LogP contribution in [-0.4, -0.2) is 46.9 Å². The second kappa shape index (κ2) is 5.49. The summed E-state index contributed by atoms with van der Waals surface area (Å²) < 4.78 is 4.75. The summed E-state index contributed by atoms with van der Waals surface area (Å²) in [5.41, 5.74) is 1.18. The first-order chi connectivity index (χ1) is 9.11. The Labute approximate surface area is 108 Å². The number of aromatic amines is 1. The predicted octanol–water partition coefficient (Wildman–Crippen LogP) is 0.392. The van der Waals surface area contributed by atoms with Crippen LogP contribution in [0.25, 0.3) is 10.9 Å². The molecule has 0 aliphatic carbocycles. The number of nitrogens with zero attached hydrogens (tertiary/aromatic N) is 1. The molecule has 2 rings (SSSR count). The van der Waals surface area contributed by atoms with Gasteiger partial charge in [0, 0.05) is 18.1 Å². The molecule has 2 aromatic rings. The maximum absolute atomic E-state index is 11.9. The molecule has 1 atom stereocenters. The van der Waals surface area contributed by atoms with E-state index in [0.29, 0.717) is 5.56 Å². The molecule has 1 aromatic heterocycles. The van der Waals surface area contributed by atoms with Crippen LogP contribution in [0.2, 0.25) is 0 Å². The average Bonchev–Trinajstić information content (AvgIpc) is 2.85. The summed E-state index contributed by atoms with van der Waals surface area (Å²) >= 11 is 0. The number of H-pyrrole nitrogens is 1. The number of carboxylic acid groups (broad SMARTS) is 1. The van der Waals surface area contributed by atoms with Crippen molar-refractivity contribution >= 4 is 22.8 Å². The molecule has 0 spiro atoms. The number of hydrogen-bond donors (Lipinski definition) is 3. The molecule has 0 saturated carbocycles. The van der Waals surface area contributed by atoms with Crippen molar-refractivity contribution < 1.29 is 19.4 Å². The molecular weight excluding hydrogens is 250 g/mol. The zero-order chi connectivity index (χ0) is 13.8. The highest BCUT2D eigenvalue weighted by Gasteiger charge is 2.20. The number of rotatable bonds is 5. The third-order valence-corrected chi connectivity index (χ3v) is 2.64. The largest absolute Gasteiger partial charge is 0.480 e. The molecule has 0 aliphatic rings. The highest BCUT2D eigenvalue weighted by Crippen LogP contribution is 2.12. The van der Waals surface area contributed by atoms with Crippen molar-refractivity contribution in [2.24, 2.45) is 0 Å². The van der Waals surface area contributed by atoms with Crippen LogP contribution < -0.4 is 5.32 Å². The maximum Gasteiger partial charge on any atom is 0.328 e. The highest BCUT2D eigenvalue weighted by molar-refractivity contribution is 5.99. The third kappa shape index (κ3) is 2.89. The molecule has 0 fully saturated rings. The molecule has 7 heteroatoms. The Morgan fingerprint density at radius 2 is 2.32 bits per heavy atom. The number of nitrogens with one attached hydrogen (secondary N) is 2. The molecule has 0 aliphatic heterocycles. The van der Waals surface area contributed by atoms with Gasteiger partial charge in [0.2, 0.25) is 0 Å². The Morgan fingerprint density at radius 1 is 1.53 bits per heavy atom. The number of ether oxygens (including phenoxy) is 1. The van der Waals surface area contributed by atoms with Gasteiger partial charge in [-0.25, -0.2) is 4.79 Å². The van der Waals surface area contributed by atoms with Gasteiger partial charge < -0.3 is 15.2 Å². The Hall–Kier alpha value is -2.41. The number of carbonyl (C=O) groups is 2. The lowest BCUT2D eigenvalue weighted by Gasteiger charge is -2.13. The summed E-state index contributed by atoms with van der Waals surface area (Å²) in [5.74, 6) is -1.60. The van der Waals surface area contributed by atoms with E-state index < -0.39 is 17.9 Å². The number of amides is 1. The molecular formula is C12H13N3O4. The van der Waals surface area contributed by atoms with Gasteiger partial charge in [-0.3, -0.25) is 9.89 Å².